The highest BCUT2D eigenvalue weighted by atomic mass is 32.2. The van der Waals surface area contributed by atoms with E-state index >= 15 is 0 Å². The highest BCUT2D eigenvalue weighted by molar-refractivity contribution is 7.99. The minimum absolute atomic E-state index is 0.0635. The van der Waals surface area contributed by atoms with Crippen molar-refractivity contribution in [2.24, 2.45) is 5.73 Å². The minimum Gasteiger partial charge on any atom is -0.339 e. The van der Waals surface area contributed by atoms with Gasteiger partial charge in [0.25, 0.3) is 5.91 Å². The van der Waals surface area contributed by atoms with Crippen LogP contribution in [0.4, 0.5) is 0 Å². The Morgan fingerprint density at radius 1 is 0.929 bits per heavy atom. The average molecular weight is 397 g/mol. The van der Waals surface area contributed by atoms with Gasteiger partial charge in [-0.05, 0) is 44.3 Å². The van der Waals surface area contributed by atoms with Crippen molar-refractivity contribution in [2.45, 2.75) is 18.1 Å². The molecule has 0 bridgehead atoms. The molecule has 1 amide bonds. The van der Waals surface area contributed by atoms with Crippen molar-refractivity contribution in [3.05, 3.63) is 70.3 Å². The van der Waals surface area contributed by atoms with Gasteiger partial charge in [0.1, 0.15) is 0 Å². The van der Waals surface area contributed by atoms with E-state index in [-0.39, 0.29) is 17.5 Å². The molecule has 1 saturated heterocycles. The van der Waals surface area contributed by atoms with Gasteiger partial charge in [-0.2, -0.15) is 11.8 Å². The molecular weight excluding hydrogens is 372 g/mol. The quantitative estimate of drug-likeness (QED) is 0.720. The molecule has 2 aliphatic rings. The van der Waals surface area contributed by atoms with Crippen LogP contribution in [-0.2, 0) is 0 Å². The molecule has 0 atom stereocenters. The van der Waals surface area contributed by atoms with Gasteiger partial charge >= 0.3 is 0 Å². The largest absolute Gasteiger partial charge is 0.339 e. The SMILES string of the molecule is CN.CSC1CCN(C(=O)c2ccc3c(c2)C(=O)c2ccccc2C3=O)CC1. The Morgan fingerprint density at radius 3 is 2.04 bits per heavy atom. The fourth-order valence-corrected chi connectivity index (χ4v) is 4.39. The predicted octanol–water partition coefficient (Wildman–Crippen LogP) is 3.00. The average Bonchev–Trinajstić information content (AvgIpc) is 2.78. The van der Waals surface area contributed by atoms with E-state index in [4.69, 9.17) is 0 Å². The molecule has 0 spiro atoms. The Morgan fingerprint density at radius 2 is 1.46 bits per heavy atom. The predicted molar refractivity (Wildman–Crippen MR) is 112 cm³/mol. The van der Waals surface area contributed by atoms with Crippen LogP contribution in [-0.4, -0.2) is 54.0 Å². The smallest absolute Gasteiger partial charge is 0.253 e. The van der Waals surface area contributed by atoms with E-state index in [0.29, 0.717) is 33.1 Å². The van der Waals surface area contributed by atoms with E-state index in [1.807, 2.05) is 16.7 Å². The minimum atomic E-state index is -0.189. The molecule has 2 N–H and O–H groups in total. The topological polar surface area (TPSA) is 80.5 Å². The molecule has 1 heterocycles. The Bertz CT molecular complexity index is 918. The van der Waals surface area contributed by atoms with E-state index in [1.165, 1.54) is 7.05 Å². The third kappa shape index (κ3) is 3.62. The Labute approximate surface area is 169 Å². The van der Waals surface area contributed by atoms with Crippen LogP contribution in [0.25, 0.3) is 0 Å². The van der Waals surface area contributed by atoms with Crippen molar-refractivity contribution in [2.75, 3.05) is 26.4 Å². The van der Waals surface area contributed by atoms with Gasteiger partial charge in [-0.15, -0.1) is 0 Å². The Kier molecular flexibility index (Phi) is 6.31. The van der Waals surface area contributed by atoms with Crippen molar-refractivity contribution >= 4 is 29.2 Å². The molecule has 0 aromatic heterocycles. The van der Waals surface area contributed by atoms with Crippen LogP contribution < -0.4 is 5.73 Å². The molecule has 28 heavy (non-hydrogen) atoms. The zero-order chi connectivity index (χ0) is 20.3. The van der Waals surface area contributed by atoms with Gasteiger partial charge in [-0.3, -0.25) is 14.4 Å². The van der Waals surface area contributed by atoms with Crippen molar-refractivity contribution in [3.63, 3.8) is 0 Å². The number of amides is 1. The molecule has 1 fully saturated rings. The number of thioether (sulfide) groups is 1. The van der Waals surface area contributed by atoms with E-state index in [2.05, 4.69) is 12.0 Å². The van der Waals surface area contributed by atoms with Crippen LogP contribution in [0, 0.1) is 0 Å². The molecule has 4 rings (SSSR count). The highest BCUT2D eigenvalue weighted by Crippen LogP contribution is 2.29. The van der Waals surface area contributed by atoms with Gasteiger partial charge in [0.15, 0.2) is 11.6 Å². The number of likely N-dealkylation sites (tertiary alicyclic amines) is 1. The monoisotopic (exact) mass is 396 g/mol. The lowest BCUT2D eigenvalue weighted by Crippen LogP contribution is -2.39. The third-order valence-electron chi connectivity index (χ3n) is 5.23. The van der Waals surface area contributed by atoms with E-state index < -0.39 is 0 Å². The molecule has 0 unspecified atom stereocenters. The van der Waals surface area contributed by atoms with Crippen LogP contribution in [0.5, 0.6) is 0 Å². The standard InChI is InChI=1S/C21H19NO3S.CH5N/c1-26-14-8-10-22(11-9-14)21(25)13-6-7-17-18(12-13)20(24)16-5-3-2-4-15(16)19(17)23;1-2/h2-7,12,14H,8-11H2,1H3;2H2,1H3. The van der Waals surface area contributed by atoms with Crippen LogP contribution >= 0.6 is 11.8 Å². The van der Waals surface area contributed by atoms with Crippen LogP contribution in [0.2, 0.25) is 0 Å². The van der Waals surface area contributed by atoms with Gasteiger partial charge in [0.05, 0.1) is 0 Å². The molecule has 0 saturated carbocycles. The fourth-order valence-electron chi connectivity index (χ4n) is 3.71. The molecule has 2 aromatic carbocycles. The fraction of sp³-hybridized carbons (Fsp3) is 0.318. The van der Waals surface area contributed by atoms with Crippen molar-refractivity contribution < 1.29 is 14.4 Å². The first-order chi connectivity index (χ1) is 13.6. The number of fused-ring (bicyclic) bond motifs is 2. The molecule has 5 nitrogen and oxygen atoms in total. The van der Waals surface area contributed by atoms with Crippen molar-refractivity contribution in [1.82, 2.24) is 4.90 Å². The van der Waals surface area contributed by atoms with Gasteiger partial charge in [0.2, 0.25) is 0 Å². The number of ketones is 2. The molecule has 1 aliphatic carbocycles. The number of rotatable bonds is 2. The third-order valence-corrected chi connectivity index (χ3v) is 6.37. The van der Waals surface area contributed by atoms with Gasteiger partial charge in [0, 0.05) is 46.2 Å². The van der Waals surface area contributed by atoms with Crippen molar-refractivity contribution in [3.8, 4) is 0 Å². The molecule has 6 heteroatoms. The van der Waals surface area contributed by atoms with E-state index in [0.717, 1.165) is 25.9 Å². The van der Waals surface area contributed by atoms with Gasteiger partial charge in [-0.25, -0.2) is 0 Å². The Hall–Kier alpha value is -2.44. The maximum Gasteiger partial charge on any atom is 0.253 e. The summed E-state index contributed by atoms with van der Waals surface area (Å²) in [5, 5.41) is 0.610. The summed E-state index contributed by atoms with van der Waals surface area (Å²) in [6.07, 6.45) is 4.08. The first-order valence-electron chi connectivity index (χ1n) is 9.32. The number of nitrogens with two attached hydrogens (primary N) is 1. The number of nitrogens with zero attached hydrogens (tertiary/aromatic N) is 1. The first-order valence-corrected chi connectivity index (χ1v) is 10.6. The summed E-state index contributed by atoms with van der Waals surface area (Å²) in [6, 6.07) is 11.7. The zero-order valence-electron chi connectivity index (χ0n) is 16.1. The molecule has 2 aromatic rings. The summed E-state index contributed by atoms with van der Waals surface area (Å²) in [5.74, 6) is -0.410. The second kappa shape index (κ2) is 8.71. The van der Waals surface area contributed by atoms with Gasteiger partial charge < -0.3 is 10.6 Å². The number of benzene rings is 2. The Balaban J connectivity index is 0.00000109. The summed E-state index contributed by atoms with van der Waals surface area (Å²) in [4.78, 5) is 40.1. The molecule has 146 valence electrons. The van der Waals surface area contributed by atoms with Gasteiger partial charge in [-0.1, -0.05) is 24.3 Å². The number of carbonyl (C=O) groups is 3. The summed E-state index contributed by atoms with van der Waals surface area (Å²) in [5.41, 5.74) is 6.54. The van der Waals surface area contributed by atoms with E-state index in [1.54, 1.807) is 42.5 Å². The second-order valence-corrected chi connectivity index (χ2v) is 7.83. The summed E-state index contributed by atoms with van der Waals surface area (Å²) in [7, 11) is 1.50. The number of hydrogen-bond acceptors (Lipinski definition) is 5. The maximum atomic E-state index is 12.8. The summed E-state index contributed by atoms with van der Waals surface area (Å²) in [6.45, 7) is 1.47. The van der Waals surface area contributed by atoms with E-state index in [9.17, 15) is 14.4 Å². The number of piperidine rings is 1. The molecule has 0 radical (unpaired) electrons. The molecular formula is C22H24N2O3S. The second-order valence-electron chi connectivity index (χ2n) is 6.69. The lowest BCUT2D eigenvalue weighted by molar-refractivity contribution is 0.0727. The van der Waals surface area contributed by atoms with Crippen LogP contribution in [0.1, 0.15) is 55.0 Å². The zero-order valence-corrected chi connectivity index (χ0v) is 16.9. The molecule has 1 aliphatic heterocycles. The maximum absolute atomic E-state index is 12.8. The number of hydrogen-bond donors (Lipinski definition) is 1. The lowest BCUT2D eigenvalue weighted by Gasteiger charge is -2.31. The van der Waals surface area contributed by atoms with Crippen LogP contribution in [0.15, 0.2) is 42.5 Å². The van der Waals surface area contributed by atoms with Crippen molar-refractivity contribution in [1.29, 1.82) is 0 Å². The summed E-state index contributed by atoms with van der Waals surface area (Å²) >= 11 is 1.85. The van der Waals surface area contributed by atoms with Crippen LogP contribution in [0.3, 0.4) is 0 Å². The highest BCUT2D eigenvalue weighted by Gasteiger charge is 2.31. The first kappa shape index (κ1) is 20.3. The lowest BCUT2D eigenvalue weighted by atomic mass is 9.83. The number of carbonyl (C=O) groups excluding carboxylic acids is 3. The normalized spacial score (nSPS) is 16.0. The summed E-state index contributed by atoms with van der Waals surface area (Å²) < 4.78 is 0.